The van der Waals surface area contributed by atoms with Crippen molar-refractivity contribution in [2.75, 3.05) is 6.54 Å². The summed E-state index contributed by atoms with van der Waals surface area (Å²) < 4.78 is 2.40. The molecule has 1 aliphatic carbocycles. The van der Waals surface area contributed by atoms with Gasteiger partial charge in [-0.15, -0.1) is 0 Å². The van der Waals surface area contributed by atoms with Crippen LogP contribution in [0.4, 0.5) is 0 Å². The second kappa shape index (κ2) is 7.44. The van der Waals surface area contributed by atoms with Crippen LogP contribution < -0.4 is 5.32 Å². The van der Waals surface area contributed by atoms with Gasteiger partial charge in [-0.2, -0.15) is 5.10 Å². The predicted molar refractivity (Wildman–Crippen MR) is 89.6 cm³/mol. The maximum atomic E-state index is 5.01. The van der Waals surface area contributed by atoms with Crippen molar-refractivity contribution in [3.63, 3.8) is 0 Å². The molecule has 120 valence electrons. The monoisotopic (exact) mass is 291 g/mol. The summed E-state index contributed by atoms with van der Waals surface area (Å²) in [7, 11) is 0. The maximum absolute atomic E-state index is 5.01. The molecule has 3 atom stereocenters. The molecule has 1 saturated carbocycles. The van der Waals surface area contributed by atoms with Crippen molar-refractivity contribution < 1.29 is 0 Å². The highest BCUT2D eigenvalue weighted by Gasteiger charge is 2.28. The predicted octanol–water partition coefficient (Wildman–Crippen LogP) is 4.11. The fraction of sp³-hybridized carbons (Fsp3) is 0.833. The Bertz CT molecular complexity index is 450. The molecule has 1 aliphatic rings. The van der Waals surface area contributed by atoms with Crippen LogP contribution in [-0.4, -0.2) is 16.3 Å². The van der Waals surface area contributed by atoms with E-state index < -0.39 is 0 Å². The van der Waals surface area contributed by atoms with E-state index in [2.05, 4.69) is 44.6 Å². The topological polar surface area (TPSA) is 29.9 Å². The highest BCUT2D eigenvalue weighted by atomic mass is 15.3. The van der Waals surface area contributed by atoms with Crippen molar-refractivity contribution in [1.29, 1.82) is 0 Å². The molecule has 3 nitrogen and oxygen atoms in total. The first-order chi connectivity index (χ1) is 10.1. The molecule has 2 rings (SSSR count). The van der Waals surface area contributed by atoms with E-state index in [1.807, 2.05) is 0 Å². The molecule has 1 aromatic rings. The van der Waals surface area contributed by atoms with Gasteiger partial charge in [-0.1, -0.05) is 34.6 Å². The second-order valence-corrected chi connectivity index (χ2v) is 6.73. The Balaban J connectivity index is 2.28. The molecule has 3 unspecified atom stereocenters. The van der Waals surface area contributed by atoms with Gasteiger partial charge in [0.15, 0.2) is 0 Å². The third kappa shape index (κ3) is 3.50. The van der Waals surface area contributed by atoms with Crippen LogP contribution in [-0.2, 0) is 19.4 Å². The summed E-state index contributed by atoms with van der Waals surface area (Å²) >= 11 is 0. The second-order valence-electron chi connectivity index (χ2n) is 6.73. The minimum atomic E-state index is 0.617. The molecule has 1 aromatic heterocycles. The van der Waals surface area contributed by atoms with Gasteiger partial charge >= 0.3 is 0 Å². The average Bonchev–Trinajstić information content (AvgIpc) is 2.85. The standard InChI is InChI=1S/C18H33N3/c1-6-17-16(12-19-8-3)18(7-2)21(20-17)15-10-9-13(4)14(5)11-15/h13-15,19H,6-12H2,1-5H3. The first-order valence-corrected chi connectivity index (χ1v) is 8.92. The smallest absolute Gasteiger partial charge is 0.0669 e. The number of nitrogens with zero attached hydrogens (tertiary/aromatic N) is 2. The van der Waals surface area contributed by atoms with Gasteiger partial charge in [0.1, 0.15) is 0 Å². The summed E-state index contributed by atoms with van der Waals surface area (Å²) in [5.74, 6) is 1.69. The first-order valence-electron chi connectivity index (χ1n) is 8.92. The summed E-state index contributed by atoms with van der Waals surface area (Å²) in [5, 5.41) is 8.50. The van der Waals surface area contributed by atoms with Gasteiger partial charge in [0.05, 0.1) is 11.7 Å². The molecule has 1 fully saturated rings. The molecule has 0 amide bonds. The molecule has 0 spiro atoms. The zero-order valence-electron chi connectivity index (χ0n) is 14.6. The Kier molecular flexibility index (Phi) is 5.86. The normalized spacial score (nSPS) is 26.2. The van der Waals surface area contributed by atoms with E-state index in [0.29, 0.717) is 6.04 Å². The Morgan fingerprint density at radius 2 is 1.86 bits per heavy atom. The third-order valence-electron chi connectivity index (χ3n) is 5.34. The van der Waals surface area contributed by atoms with Crippen molar-refractivity contribution >= 4 is 0 Å². The Labute approximate surface area is 130 Å². The largest absolute Gasteiger partial charge is 0.313 e. The van der Waals surface area contributed by atoms with Crippen LogP contribution in [0.15, 0.2) is 0 Å². The number of aromatic nitrogens is 2. The van der Waals surface area contributed by atoms with E-state index in [1.165, 1.54) is 36.2 Å². The van der Waals surface area contributed by atoms with E-state index in [1.54, 1.807) is 0 Å². The third-order valence-corrected chi connectivity index (χ3v) is 5.34. The molecule has 0 aromatic carbocycles. The molecule has 1 heterocycles. The Hall–Kier alpha value is -0.830. The summed E-state index contributed by atoms with van der Waals surface area (Å²) in [4.78, 5) is 0. The van der Waals surface area contributed by atoms with E-state index in [9.17, 15) is 0 Å². The van der Waals surface area contributed by atoms with E-state index >= 15 is 0 Å². The van der Waals surface area contributed by atoms with Crippen molar-refractivity contribution in [2.45, 2.75) is 79.3 Å². The van der Waals surface area contributed by atoms with Crippen LogP contribution >= 0.6 is 0 Å². The number of nitrogens with one attached hydrogen (secondary N) is 1. The molecule has 0 bridgehead atoms. The highest BCUT2D eigenvalue weighted by molar-refractivity contribution is 5.27. The zero-order valence-corrected chi connectivity index (χ0v) is 14.6. The van der Waals surface area contributed by atoms with Crippen molar-refractivity contribution in [1.82, 2.24) is 15.1 Å². The van der Waals surface area contributed by atoms with Gasteiger partial charge in [-0.05, 0) is 50.5 Å². The summed E-state index contributed by atoms with van der Waals surface area (Å²) in [6.45, 7) is 13.5. The molecule has 1 N–H and O–H groups in total. The number of rotatable bonds is 6. The fourth-order valence-corrected chi connectivity index (χ4v) is 3.71. The molecule has 3 heteroatoms. The summed E-state index contributed by atoms with van der Waals surface area (Å²) in [5.41, 5.74) is 4.24. The lowest BCUT2D eigenvalue weighted by Gasteiger charge is -2.33. The number of hydrogen-bond acceptors (Lipinski definition) is 2. The van der Waals surface area contributed by atoms with Crippen molar-refractivity contribution in [3.05, 3.63) is 17.0 Å². The van der Waals surface area contributed by atoms with Gasteiger partial charge in [-0.25, -0.2) is 0 Å². The average molecular weight is 291 g/mol. The molecule has 0 saturated heterocycles. The maximum Gasteiger partial charge on any atom is 0.0669 e. The summed E-state index contributed by atoms with van der Waals surface area (Å²) in [6.07, 6.45) is 6.07. The molecular formula is C18H33N3. The first kappa shape index (κ1) is 16.5. The highest BCUT2D eigenvalue weighted by Crippen LogP contribution is 2.37. The van der Waals surface area contributed by atoms with Gasteiger partial charge in [-0.3, -0.25) is 4.68 Å². The lowest BCUT2D eigenvalue weighted by atomic mass is 9.79. The van der Waals surface area contributed by atoms with Gasteiger partial charge in [0, 0.05) is 17.8 Å². The van der Waals surface area contributed by atoms with Crippen molar-refractivity contribution in [2.24, 2.45) is 11.8 Å². The van der Waals surface area contributed by atoms with Crippen LogP contribution in [0, 0.1) is 11.8 Å². The van der Waals surface area contributed by atoms with Crippen LogP contribution in [0.3, 0.4) is 0 Å². The van der Waals surface area contributed by atoms with Gasteiger partial charge < -0.3 is 5.32 Å². The lowest BCUT2D eigenvalue weighted by molar-refractivity contribution is 0.198. The van der Waals surface area contributed by atoms with Gasteiger partial charge in [0.2, 0.25) is 0 Å². The lowest BCUT2D eigenvalue weighted by Crippen LogP contribution is -2.25. The Morgan fingerprint density at radius 3 is 2.43 bits per heavy atom. The fourth-order valence-electron chi connectivity index (χ4n) is 3.71. The van der Waals surface area contributed by atoms with Gasteiger partial charge in [0.25, 0.3) is 0 Å². The molecule has 0 radical (unpaired) electrons. The Morgan fingerprint density at radius 1 is 1.10 bits per heavy atom. The molecular weight excluding hydrogens is 258 g/mol. The van der Waals surface area contributed by atoms with E-state index in [-0.39, 0.29) is 0 Å². The zero-order chi connectivity index (χ0) is 15.4. The van der Waals surface area contributed by atoms with E-state index in [4.69, 9.17) is 5.10 Å². The van der Waals surface area contributed by atoms with Crippen LogP contribution in [0.5, 0.6) is 0 Å². The van der Waals surface area contributed by atoms with Crippen LogP contribution in [0.1, 0.15) is 76.9 Å². The molecule has 0 aliphatic heterocycles. The number of aryl methyl sites for hydroxylation is 1. The number of hydrogen-bond donors (Lipinski definition) is 1. The quantitative estimate of drug-likeness (QED) is 0.854. The van der Waals surface area contributed by atoms with Crippen molar-refractivity contribution in [3.8, 4) is 0 Å². The summed E-state index contributed by atoms with van der Waals surface area (Å²) in [6, 6.07) is 0.617. The minimum Gasteiger partial charge on any atom is -0.313 e. The van der Waals surface area contributed by atoms with Crippen LogP contribution in [0.25, 0.3) is 0 Å². The minimum absolute atomic E-state index is 0.617. The van der Waals surface area contributed by atoms with Crippen LogP contribution in [0.2, 0.25) is 0 Å². The van der Waals surface area contributed by atoms with E-state index in [0.717, 1.165) is 37.8 Å². The molecule has 21 heavy (non-hydrogen) atoms. The SMILES string of the molecule is CCNCc1c(CC)nn(C2CCC(C)C(C)C2)c1CC.